The standard InChI is InChI=1S/C15H21NOS/c17-15(8-9-18-11-15)10-16-14-7-3-5-12-4-1-2-6-13(12)14/h1-2,4,6,14,16-17H,3,5,7-11H2. The van der Waals surface area contributed by atoms with Crippen LogP contribution in [0.5, 0.6) is 0 Å². The van der Waals surface area contributed by atoms with Gasteiger partial charge in [0.15, 0.2) is 0 Å². The van der Waals surface area contributed by atoms with Gasteiger partial charge in [-0.15, -0.1) is 0 Å². The van der Waals surface area contributed by atoms with Gasteiger partial charge in [-0.05, 0) is 42.6 Å². The number of hydrogen-bond acceptors (Lipinski definition) is 3. The molecule has 0 radical (unpaired) electrons. The van der Waals surface area contributed by atoms with Crippen molar-refractivity contribution in [2.75, 3.05) is 18.1 Å². The molecule has 3 heteroatoms. The van der Waals surface area contributed by atoms with Crippen molar-refractivity contribution in [1.82, 2.24) is 5.32 Å². The maximum atomic E-state index is 10.4. The summed E-state index contributed by atoms with van der Waals surface area (Å²) < 4.78 is 0. The van der Waals surface area contributed by atoms with Crippen molar-refractivity contribution in [3.8, 4) is 0 Å². The molecule has 0 amide bonds. The van der Waals surface area contributed by atoms with Gasteiger partial charge in [-0.2, -0.15) is 11.8 Å². The summed E-state index contributed by atoms with van der Waals surface area (Å²) >= 11 is 1.86. The van der Waals surface area contributed by atoms with Crippen LogP contribution in [-0.2, 0) is 6.42 Å². The van der Waals surface area contributed by atoms with Crippen molar-refractivity contribution >= 4 is 11.8 Å². The van der Waals surface area contributed by atoms with E-state index in [1.807, 2.05) is 11.8 Å². The second kappa shape index (κ2) is 5.24. The molecule has 2 unspecified atom stereocenters. The molecular weight excluding hydrogens is 242 g/mol. The van der Waals surface area contributed by atoms with Crippen LogP contribution in [0, 0.1) is 0 Å². The van der Waals surface area contributed by atoms with Crippen LogP contribution in [0.4, 0.5) is 0 Å². The van der Waals surface area contributed by atoms with Crippen LogP contribution in [0.15, 0.2) is 24.3 Å². The lowest BCUT2D eigenvalue weighted by atomic mass is 9.87. The molecule has 1 aromatic rings. The lowest BCUT2D eigenvalue weighted by molar-refractivity contribution is 0.0638. The van der Waals surface area contributed by atoms with E-state index in [1.165, 1.54) is 30.4 Å². The van der Waals surface area contributed by atoms with Crippen molar-refractivity contribution < 1.29 is 5.11 Å². The summed E-state index contributed by atoms with van der Waals surface area (Å²) in [5, 5.41) is 14.0. The SMILES string of the molecule is OC1(CNC2CCCc3ccccc32)CCSC1. The Morgan fingerprint density at radius 2 is 2.28 bits per heavy atom. The molecule has 0 bridgehead atoms. The molecule has 2 N–H and O–H groups in total. The average molecular weight is 263 g/mol. The fraction of sp³-hybridized carbons (Fsp3) is 0.600. The Bertz CT molecular complexity index is 415. The van der Waals surface area contributed by atoms with Gasteiger partial charge >= 0.3 is 0 Å². The Morgan fingerprint density at radius 1 is 1.39 bits per heavy atom. The zero-order valence-electron chi connectivity index (χ0n) is 10.7. The van der Waals surface area contributed by atoms with E-state index in [-0.39, 0.29) is 0 Å². The van der Waals surface area contributed by atoms with E-state index in [0.29, 0.717) is 6.04 Å². The largest absolute Gasteiger partial charge is 0.388 e. The molecule has 98 valence electrons. The second-order valence-corrected chi connectivity index (χ2v) is 6.66. The molecule has 0 spiro atoms. The van der Waals surface area contributed by atoms with Gasteiger partial charge < -0.3 is 10.4 Å². The highest BCUT2D eigenvalue weighted by molar-refractivity contribution is 7.99. The van der Waals surface area contributed by atoms with Crippen molar-refractivity contribution in [3.63, 3.8) is 0 Å². The molecule has 1 saturated heterocycles. The summed E-state index contributed by atoms with van der Waals surface area (Å²) in [5.41, 5.74) is 2.45. The van der Waals surface area contributed by atoms with E-state index < -0.39 is 5.60 Å². The topological polar surface area (TPSA) is 32.3 Å². The summed E-state index contributed by atoms with van der Waals surface area (Å²) in [6.07, 6.45) is 4.58. The van der Waals surface area contributed by atoms with Crippen molar-refractivity contribution in [2.24, 2.45) is 0 Å². The van der Waals surface area contributed by atoms with Crippen LogP contribution in [0.3, 0.4) is 0 Å². The van der Waals surface area contributed by atoms with E-state index in [4.69, 9.17) is 0 Å². The Kier molecular flexibility index (Phi) is 3.64. The van der Waals surface area contributed by atoms with Gasteiger partial charge in [-0.3, -0.25) is 0 Å². The number of fused-ring (bicyclic) bond motifs is 1. The first-order valence-electron chi connectivity index (χ1n) is 6.88. The Morgan fingerprint density at radius 3 is 3.11 bits per heavy atom. The third kappa shape index (κ3) is 2.58. The number of nitrogens with one attached hydrogen (secondary N) is 1. The Labute approximate surface area is 113 Å². The van der Waals surface area contributed by atoms with Gasteiger partial charge in [-0.1, -0.05) is 24.3 Å². The molecule has 1 fully saturated rings. The number of aryl methyl sites for hydroxylation is 1. The lowest BCUT2D eigenvalue weighted by Gasteiger charge is -2.30. The average Bonchev–Trinajstić information content (AvgIpc) is 2.84. The number of aliphatic hydroxyl groups is 1. The summed E-state index contributed by atoms with van der Waals surface area (Å²) in [5.74, 6) is 1.98. The van der Waals surface area contributed by atoms with E-state index in [9.17, 15) is 5.11 Å². The third-order valence-corrected chi connectivity index (χ3v) is 5.36. The van der Waals surface area contributed by atoms with Gasteiger partial charge in [0.2, 0.25) is 0 Å². The molecule has 0 aromatic heterocycles. The molecule has 3 rings (SSSR count). The van der Waals surface area contributed by atoms with Crippen molar-refractivity contribution in [2.45, 2.75) is 37.3 Å². The highest BCUT2D eigenvalue weighted by atomic mass is 32.2. The number of hydrogen-bond donors (Lipinski definition) is 2. The minimum Gasteiger partial charge on any atom is -0.388 e. The molecule has 1 aliphatic heterocycles. The summed E-state index contributed by atoms with van der Waals surface area (Å²) in [7, 11) is 0. The summed E-state index contributed by atoms with van der Waals surface area (Å²) in [4.78, 5) is 0. The molecule has 2 atom stereocenters. The number of rotatable bonds is 3. The lowest BCUT2D eigenvalue weighted by Crippen LogP contribution is -2.42. The van der Waals surface area contributed by atoms with E-state index >= 15 is 0 Å². The van der Waals surface area contributed by atoms with E-state index in [2.05, 4.69) is 29.6 Å². The van der Waals surface area contributed by atoms with Crippen molar-refractivity contribution in [3.05, 3.63) is 35.4 Å². The molecular formula is C15H21NOS. The first-order chi connectivity index (χ1) is 8.77. The van der Waals surface area contributed by atoms with Gasteiger partial charge in [0.1, 0.15) is 0 Å². The van der Waals surface area contributed by atoms with Gasteiger partial charge in [-0.25, -0.2) is 0 Å². The first kappa shape index (κ1) is 12.5. The first-order valence-corrected chi connectivity index (χ1v) is 8.04. The van der Waals surface area contributed by atoms with Crippen LogP contribution in [-0.4, -0.2) is 28.8 Å². The fourth-order valence-electron chi connectivity index (χ4n) is 3.02. The van der Waals surface area contributed by atoms with E-state index in [0.717, 1.165) is 24.5 Å². The maximum absolute atomic E-state index is 10.4. The molecule has 18 heavy (non-hydrogen) atoms. The summed E-state index contributed by atoms with van der Waals surface area (Å²) in [6.45, 7) is 0.735. The van der Waals surface area contributed by atoms with Crippen LogP contribution in [0.1, 0.15) is 36.4 Å². The highest BCUT2D eigenvalue weighted by Gasteiger charge is 2.32. The molecule has 1 heterocycles. The van der Waals surface area contributed by atoms with Crippen LogP contribution < -0.4 is 5.32 Å². The zero-order chi connectivity index (χ0) is 12.4. The minimum atomic E-state index is -0.475. The molecule has 1 aromatic carbocycles. The predicted octanol–water partition coefficient (Wildman–Crippen LogP) is 2.52. The monoisotopic (exact) mass is 263 g/mol. The maximum Gasteiger partial charge on any atom is 0.0869 e. The summed E-state index contributed by atoms with van der Waals surface area (Å²) in [6, 6.07) is 9.16. The van der Waals surface area contributed by atoms with Crippen molar-refractivity contribution in [1.29, 1.82) is 0 Å². The van der Waals surface area contributed by atoms with Gasteiger partial charge in [0.25, 0.3) is 0 Å². The second-order valence-electron chi connectivity index (χ2n) is 5.55. The molecule has 2 aliphatic rings. The number of thioether (sulfide) groups is 1. The highest BCUT2D eigenvalue weighted by Crippen LogP contribution is 2.31. The molecule has 1 aliphatic carbocycles. The quantitative estimate of drug-likeness (QED) is 0.879. The normalized spacial score (nSPS) is 31.3. The predicted molar refractivity (Wildman–Crippen MR) is 77.0 cm³/mol. The van der Waals surface area contributed by atoms with Gasteiger partial charge in [0.05, 0.1) is 5.60 Å². The Hall–Kier alpha value is -0.510. The fourth-order valence-corrected chi connectivity index (χ4v) is 4.31. The van der Waals surface area contributed by atoms with Gasteiger partial charge in [0, 0.05) is 18.3 Å². The van der Waals surface area contributed by atoms with Crippen LogP contribution in [0.2, 0.25) is 0 Å². The molecule has 2 nitrogen and oxygen atoms in total. The number of benzene rings is 1. The third-order valence-electron chi connectivity index (χ3n) is 4.13. The Balaban J connectivity index is 1.67. The van der Waals surface area contributed by atoms with E-state index in [1.54, 1.807) is 0 Å². The molecule has 0 saturated carbocycles. The zero-order valence-corrected chi connectivity index (χ0v) is 11.5. The smallest absolute Gasteiger partial charge is 0.0869 e. The van der Waals surface area contributed by atoms with Crippen LogP contribution >= 0.6 is 11.8 Å². The minimum absolute atomic E-state index is 0.435. The van der Waals surface area contributed by atoms with Crippen LogP contribution in [0.25, 0.3) is 0 Å².